The summed E-state index contributed by atoms with van der Waals surface area (Å²) in [5.74, 6) is -0.104. The summed E-state index contributed by atoms with van der Waals surface area (Å²) in [7, 11) is 0. The molecule has 4 heteroatoms. The minimum absolute atomic E-state index is 0.104. The Kier molecular flexibility index (Phi) is 3.67. The molecule has 104 valence electrons. The normalized spacial score (nSPS) is 16.6. The fourth-order valence-corrected chi connectivity index (χ4v) is 2.55. The van der Waals surface area contributed by atoms with Crippen molar-refractivity contribution >= 4 is 11.6 Å². The summed E-state index contributed by atoms with van der Waals surface area (Å²) >= 11 is 0. The van der Waals surface area contributed by atoms with E-state index in [1.165, 1.54) is 11.1 Å². The maximum atomic E-state index is 12.4. The molecule has 0 saturated heterocycles. The zero-order valence-corrected chi connectivity index (χ0v) is 11.5. The Morgan fingerprint density at radius 1 is 1.14 bits per heavy atom. The number of amides is 1. The number of rotatable bonds is 2. The molecule has 2 aromatic rings. The van der Waals surface area contributed by atoms with E-state index < -0.39 is 0 Å². The average Bonchev–Trinajstić information content (AvgIpc) is 2.55. The number of fused-ring (bicyclic) bond motifs is 1. The molecular formula is C17H15N3O. The molecule has 0 bridgehead atoms. The van der Waals surface area contributed by atoms with Gasteiger partial charge in [0, 0.05) is 6.54 Å². The number of carbonyl (C=O) groups is 1. The lowest BCUT2D eigenvalue weighted by Crippen LogP contribution is -2.44. The highest BCUT2D eigenvalue weighted by Gasteiger charge is 2.24. The Hall–Kier alpha value is -2.64. The van der Waals surface area contributed by atoms with Crippen molar-refractivity contribution in [1.82, 2.24) is 5.32 Å². The molecule has 2 aromatic carbocycles. The van der Waals surface area contributed by atoms with Gasteiger partial charge in [-0.05, 0) is 29.7 Å². The third-order valence-corrected chi connectivity index (χ3v) is 3.70. The van der Waals surface area contributed by atoms with Gasteiger partial charge >= 0.3 is 0 Å². The second-order valence-corrected chi connectivity index (χ2v) is 5.05. The van der Waals surface area contributed by atoms with Crippen LogP contribution in [0, 0.1) is 11.3 Å². The number of anilines is 1. The molecular weight excluding hydrogens is 262 g/mol. The van der Waals surface area contributed by atoms with Crippen molar-refractivity contribution in [3.63, 3.8) is 0 Å². The second-order valence-electron chi connectivity index (χ2n) is 5.05. The van der Waals surface area contributed by atoms with Crippen LogP contribution in [0.3, 0.4) is 0 Å². The van der Waals surface area contributed by atoms with E-state index in [9.17, 15) is 4.79 Å². The minimum Gasteiger partial charge on any atom is -0.324 e. The standard InChI is InChI=1S/C17H15N3O/c18-10-13-6-3-4-8-15(13)20-17(21)16-9-12-5-1-2-7-14(12)11-19-16/h1-8,16,19H,9,11H2,(H,20,21)/t16-/m0/s1. The molecule has 0 unspecified atom stereocenters. The third kappa shape index (κ3) is 2.78. The number of carbonyl (C=O) groups excluding carboxylic acids is 1. The van der Waals surface area contributed by atoms with Gasteiger partial charge in [0.15, 0.2) is 0 Å². The summed E-state index contributed by atoms with van der Waals surface area (Å²) in [5.41, 5.74) is 3.47. The van der Waals surface area contributed by atoms with Crippen molar-refractivity contribution in [2.24, 2.45) is 0 Å². The number of para-hydroxylation sites is 1. The molecule has 0 radical (unpaired) electrons. The monoisotopic (exact) mass is 277 g/mol. The molecule has 0 aliphatic carbocycles. The summed E-state index contributed by atoms with van der Waals surface area (Å²) in [6.07, 6.45) is 0.663. The van der Waals surface area contributed by atoms with Crippen LogP contribution in [0.25, 0.3) is 0 Å². The van der Waals surface area contributed by atoms with Crippen LogP contribution in [0.5, 0.6) is 0 Å². The number of nitriles is 1. The van der Waals surface area contributed by atoms with Crippen LogP contribution in [-0.2, 0) is 17.8 Å². The van der Waals surface area contributed by atoms with E-state index in [4.69, 9.17) is 5.26 Å². The van der Waals surface area contributed by atoms with Gasteiger partial charge in [0.1, 0.15) is 6.07 Å². The number of hydrogen-bond donors (Lipinski definition) is 2. The van der Waals surface area contributed by atoms with Gasteiger partial charge in [-0.1, -0.05) is 36.4 Å². The highest BCUT2D eigenvalue weighted by atomic mass is 16.2. The molecule has 0 fully saturated rings. The number of nitrogens with zero attached hydrogens (tertiary/aromatic N) is 1. The molecule has 0 spiro atoms. The van der Waals surface area contributed by atoms with Gasteiger partial charge in [-0.15, -0.1) is 0 Å². The smallest absolute Gasteiger partial charge is 0.241 e. The van der Waals surface area contributed by atoms with Crippen molar-refractivity contribution in [1.29, 1.82) is 5.26 Å². The van der Waals surface area contributed by atoms with Crippen molar-refractivity contribution in [2.45, 2.75) is 19.0 Å². The lowest BCUT2D eigenvalue weighted by atomic mass is 9.95. The van der Waals surface area contributed by atoms with Gasteiger partial charge in [-0.2, -0.15) is 5.26 Å². The summed E-state index contributed by atoms with van der Waals surface area (Å²) in [6.45, 7) is 0.689. The second kappa shape index (κ2) is 5.78. The zero-order valence-electron chi connectivity index (χ0n) is 11.5. The number of nitrogens with one attached hydrogen (secondary N) is 2. The van der Waals surface area contributed by atoms with Crippen molar-refractivity contribution < 1.29 is 4.79 Å². The van der Waals surface area contributed by atoms with Gasteiger partial charge < -0.3 is 10.6 Å². The molecule has 21 heavy (non-hydrogen) atoms. The first-order valence-electron chi connectivity index (χ1n) is 6.88. The molecule has 1 amide bonds. The molecule has 0 aromatic heterocycles. The van der Waals surface area contributed by atoms with E-state index in [0.717, 1.165) is 0 Å². The van der Waals surface area contributed by atoms with E-state index in [-0.39, 0.29) is 11.9 Å². The fraction of sp³-hybridized carbons (Fsp3) is 0.176. The SMILES string of the molecule is N#Cc1ccccc1NC(=O)[C@@H]1Cc2ccccc2CN1. The molecule has 1 atom stereocenters. The summed E-state index contributed by atoms with van der Waals surface area (Å²) in [4.78, 5) is 12.4. The first-order chi connectivity index (χ1) is 10.3. The highest BCUT2D eigenvalue weighted by molar-refractivity contribution is 5.96. The van der Waals surface area contributed by atoms with Crippen molar-refractivity contribution in [3.8, 4) is 6.07 Å². The first-order valence-corrected chi connectivity index (χ1v) is 6.88. The Labute approximate surface area is 123 Å². The van der Waals surface area contributed by atoms with Crippen molar-refractivity contribution in [3.05, 3.63) is 65.2 Å². The Bertz CT molecular complexity index is 718. The van der Waals surface area contributed by atoms with Crippen LogP contribution in [0.15, 0.2) is 48.5 Å². The lowest BCUT2D eigenvalue weighted by Gasteiger charge is -2.25. The molecule has 0 saturated carbocycles. The summed E-state index contributed by atoms with van der Waals surface area (Å²) in [6, 6.07) is 17.0. The molecule has 1 aliphatic rings. The largest absolute Gasteiger partial charge is 0.324 e. The molecule has 4 nitrogen and oxygen atoms in total. The predicted molar refractivity (Wildman–Crippen MR) is 80.6 cm³/mol. The number of benzene rings is 2. The average molecular weight is 277 g/mol. The van der Waals surface area contributed by atoms with E-state index in [1.54, 1.807) is 24.3 Å². The molecule has 1 heterocycles. The van der Waals surface area contributed by atoms with Crippen LogP contribution < -0.4 is 10.6 Å². The van der Waals surface area contributed by atoms with Crippen LogP contribution in [0.4, 0.5) is 5.69 Å². The zero-order chi connectivity index (χ0) is 14.7. The van der Waals surface area contributed by atoms with Gasteiger partial charge in [-0.3, -0.25) is 4.79 Å². The molecule has 1 aliphatic heterocycles. The van der Waals surface area contributed by atoms with E-state index >= 15 is 0 Å². The third-order valence-electron chi connectivity index (χ3n) is 3.70. The van der Waals surface area contributed by atoms with E-state index in [1.807, 2.05) is 12.1 Å². The lowest BCUT2D eigenvalue weighted by molar-refractivity contribution is -0.118. The quantitative estimate of drug-likeness (QED) is 0.884. The van der Waals surface area contributed by atoms with E-state index in [2.05, 4.69) is 28.8 Å². The van der Waals surface area contributed by atoms with Gasteiger partial charge in [0.25, 0.3) is 0 Å². The van der Waals surface area contributed by atoms with Gasteiger partial charge in [0.2, 0.25) is 5.91 Å². The molecule has 3 rings (SSSR count). The van der Waals surface area contributed by atoms with Gasteiger partial charge in [0.05, 0.1) is 17.3 Å². The Morgan fingerprint density at radius 3 is 2.67 bits per heavy atom. The van der Waals surface area contributed by atoms with Crippen LogP contribution in [0.1, 0.15) is 16.7 Å². The summed E-state index contributed by atoms with van der Waals surface area (Å²) < 4.78 is 0. The van der Waals surface area contributed by atoms with Crippen LogP contribution >= 0.6 is 0 Å². The fourth-order valence-electron chi connectivity index (χ4n) is 2.55. The first kappa shape index (κ1) is 13.3. The van der Waals surface area contributed by atoms with Gasteiger partial charge in [-0.25, -0.2) is 0 Å². The Balaban J connectivity index is 1.74. The topological polar surface area (TPSA) is 64.9 Å². The van der Waals surface area contributed by atoms with Crippen LogP contribution in [-0.4, -0.2) is 11.9 Å². The predicted octanol–water partition coefficient (Wildman–Crippen LogP) is 2.21. The van der Waals surface area contributed by atoms with Crippen molar-refractivity contribution in [2.75, 3.05) is 5.32 Å². The number of hydrogen-bond acceptors (Lipinski definition) is 3. The maximum Gasteiger partial charge on any atom is 0.241 e. The molecule has 2 N–H and O–H groups in total. The summed E-state index contributed by atoms with van der Waals surface area (Å²) in [5, 5.41) is 15.1. The Morgan fingerprint density at radius 2 is 1.86 bits per heavy atom. The van der Waals surface area contributed by atoms with E-state index in [0.29, 0.717) is 24.2 Å². The highest BCUT2D eigenvalue weighted by Crippen LogP contribution is 2.18. The van der Waals surface area contributed by atoms with Crippen LogP contribution in [0.2, 0.25) is 0 Å². The maximum absolute atomic E-state index is 12.4. The minimum atomic E-state index is -0.272.